The molecule has 0 aliphatic heterocycles. The van der Waals surface area contributed by atoms with Gasteiger partial charge in [-0.25, -0.2) is 9.59 Å². The molecule has 0 atom stereocenters. The Hall–Kier alpha value is -3.27. The number of benzene rings is 1. The Kier molecular flexibility index (Phi) is 12.1. The molecule has 0 bridgehead atoms. The summed E-state index contributed by atoms with van der Waals surface area (Å²) >= 11 is 0. The third-order valence-corrected chi connectivity index (χ3v) is 5.79. The molecule has 0 aromatic heterocycles. The van der Waals surface area contributed by atoms with Crippen LogP contribution in [0.2, 0.25) is 0 Å². The standard InChI is InChI=1S/C25H24F17NO5/c1-5-46-15(44)13-8-6-9-14(12-13)43(16(45)48-17(2,3)4)47-11-7-10-18(26,27)19(28,29)20(30,31)21(32,33)22(34,35)23(36,37)24(38,39)25(40,41)42/h6,8-9,12H,5,7,10-11H2,1-4H3. The van der Waals surface area contributed by atoms with Gasteiger partial charge in [-0.2, -0.15) is 79.7 Å². The number of hydrogen-bond acceptors (Lipinski definition) is 5. The predicted molar refractivity (Wildman–Crippen MR) is 127 cm³/mol. The van der Waals surface area contributed by atoms with Crippen LogP contribution in [0.1, 0.15) is 50.9 Å². The van der Waals surface area contributed by atoms with Gasteiger partial charge in [-0.15, -0.1) is 0 Å². The van der Waals surface area contributed by atoms with E-state index < -0.39 is 90.4 Å². The van der Waals surface area contributed by atoms with E-state index in [-0.39, 0.29) is 17.2 Å². The van der Waals surface area contributed by atoms with Gasteiger partial charge in [0.2, 0.25) is 0 Å². The molecule has 0 N–H and O–H groups in total. The Morgan fingerprint density at radius 2 is 1.15 bits per heavy atom. The molecule has 0 heterocycles. The van der Waals surface area contributed by atoms with Crippen molar-refractivity contribution in [3.8, 4) is 0 Å². The van der Waals surface area contributed by atoms with E-state index >= 15 is 0 Å². The fourth-order valence-corrected chi connectivity index (χ4v) is 3.31. The van der Waals surface area contributed by atoms with Gasteiger partial charge in [0.25, 0.3) is 0 Å². The van der Waals surface area contributed by atoms with Crippen molar-refractivity contribution in [2.75, 3.05) is 18.3 Å². The topological polar surface area (TPSA) is 65.1 Å². The number of halogens is 17. The number of hydrogen-bond donors (Lipinski definition) is 0. The van der Waals surface area contributed by atoms with Crippen LogP contribution in [0, 0.1) is 0 Å². The van der Waals surface area contributed by atoms with Gasteiger partial charge >= 0.3 is 59.7 Å². The second-order valence-electron chi connectivity index (χ2n) is 10.6. The van der Waals surface area contributed by atoms with Crippen LogP contribution < -0.4 is 5.06 Å². The first kappa shape index (κ1) is 42.8. The fraction of sp³-hybridized carbons (Fsp3) is 0.680. The summed E-state index contributed by atoms with van der Waals surface area (Å²) in [5.74, 6) is -58.1. The molecule has 48 heavy (non-hydrogen) atoms. The molecule has 1 aromatic carbocycles. The molecule has 0 saturated heterocycles. The minimum Gasteiger partial charge on any atom is -0.462 e. The zero-order chi connectivity index (χ0) is 38.2. The SMILES string of the molecule is CCOC(=O)c1cccc(N(OCCCC(F)(F)C(F)(F)C(F)(F)C(F)(F)C(F)(F)C(F)(F)C(F)(F)C(F)(F)F)C(=O)OC(C)(C)C)c1. The summed E-state index contributed by atoms with van der Waals surface area (Å²) in [6, 6.07) is 4.18. The lowest BCUT2D eigenvalue weighted by atomic mass is 9.88. The molecule has 0 saturated carbocycles. The highest BCUT2D eigenvalue weighted by Gasteiger charge is 2.95. The summed E-state index contributed by atoms with van der Waals surface area (Å²) in [4.78, 5) is 29.5. The van der Waals surface area contributed by atoms with Crippen LogP contribution in [0.25, 0.3) is 0 Å². The van der Waals surface area contributed by atoms with Crippen molar-refractivity contribution in [3.63, 3.8) is 0 Å². The lowest BCUT2D eigenvalue weighted by Gasteiger charge is -2.42. The van der Waals surface area contributed by atoms with Crippen molar-refractivity contribution in [1.29, 1.82) is 0 Å². The molecule has 0 aliphatic rings. The van der Waals surface area contributed by atoms with Crippen molar-refractivity contribution in [2.24, 2.45) is 0 Å². The van der Waals surface area contributed by atoms with Crippen LogP contribution in [0.15, 0.2) is 24.3 Å². The van der Waals surface area contributed by atoms with E-state index in [2.05, 4.69) is 0 Å². The number of amides is 1. The molecule has 0 radical (unpaired) electrons. The van der Waals surface area contributed by atoms with Gasteiger partial charge in [-0.05, 0) is 52.3 Å². The van der Waals surface area contributed by atoms with Crippen LogP contribution in [-0.4, -0.2) is 78.5 Å². The average Bonchev–Trinajstić information content (AvgIpc) is 2.90. The van der Waals surface area contributed by atoms with Crippen molar-refractivity contribution in [2.45, 2.75) is 93.8 Å². The molecular weight excluding hydrogens is 717 g/mol. The van der Waals surface area contributed by atoms with E-state index in [0.29, 0.717) is 0 Å². The van der Waals surface area contributed by atoms with Crippen LogP contribution in [0.3, 0.4) is 0 Å². The van der Waals surface area contributed by atoms with Gasteiger partial charge in [-0.3, -0.25) is 4.84 Å². The Labute approximate surface area is 259 Å². The number of hydroxylamine groups is 1. The number of esters is 1. The van der Waals surface area contributed by atoms with Crippen LogP contribution in [0.4, 0.5) is 85.1 Å². The molecule has 0 aliphatic carbocycles. The van der Waals surface area contributed by atoms with Gasteiger partial charge in [0.15, 0.2) is 0 Å². The minimum absolute atomic E-state index is 0.122. The van der Waals surface area contributed by atoms with Gasteiger partial charge in [0.1, 0.15) is 5.60 Å². The Morgan fingerprint density at radius 3 is 1.58 bits per heavy atom. The lowest BCUT2D eigenvalue weighted by Crippen LogP contribution is -2.74. The van der Waals surface area contributed by atoms with E-state index in [1.54, 1.807) is 0 Å². The Bertz CT molecular complexity index is 1290. The summed E-state index contributed by atoms with van der Waals surface area (Å²) < 4.78 is 239. The smallest absolute Gasteiger partial charge is 0.460 e. The molecule has 0 fully saturated rings. The summed E-state index contributed by atoms with van der Waals surface area (Å²) in [5.41, 5.74) is -2.00. The number of alkyl halides is 17. The minimum atomic E-state index is -8.73. The number of anilines is 1. The van der Waals surface area contributed by atoms with Crippen LogP contribution in [0.5, 0.6) is 0 Å². The number of ether oxygens (including phenoxy) is 2. The zero-order valence-corrected chi connectivity index (χ0v) is 24.6. The van der Waals surface area contributed by atoms with E-state index in [4.69, 9.17) is 14.3 Å². The van der Waals surface area contributed by atoms with Crippen molar-refractivity contribution in [3.05, 3.63) is 29.8 Å². The summed E-state index contributed by atoms with van der Waals surface area (Å²) in [6.45, 7) is 3.78. The molecule has 1 rings (SSSR count). The summed E-state index contributed by atoms with van der Waals surface area (Å²) in [6.07, 6.45) is -13.8. The van der Waals surface area contributed by atoms with Gasteiger partial charge < -0.3 is 9.47 Å². The fourth-order valence-electron chi connectivity index (χ4n) is 3.31. The monoisotopic (exact) mass is 741 g/mol. The summed E-state index contributed by atoms with van der Waals surface area (Å²) in [7, 11) is 0. The third kappa shape index (κ3) is 7.79. The predicted octanol–water partition coefficient (Wildman–Crippen LogP) is 9.33. The number of carbonyl (C=O) groups excluding carboxylic acids is 2. The van der Waals surface area contributed by atoms with Crippen molar-refractivity contribution in [1.82, 2.24) is 0 Å². The third-order valence-electron chi connectivity index (χ3n) is 5.79. The molecule has 1 aromatic rings. The van der Waals surface area contributed by atoms with E-state index in [0.717, 1.165) is 24.3 Å². The van der Waals surface area contributed by atoms with Crippen LogP contribution in [-0.2, 0) is 14.3 Å². The highest BCUT2D eigenvalue weighted by molar-refractivity contribution is 5.92. The summed E-state index contributed by atoms with van der Waals surface area (Å²) in [5, 5.41) is 0.122. The molecule has 0 unspecified atom stereocenters. The highest BCUT2D eigenvalue weighted by atomic mass is 19.4. The first-order chi connectivity index (χ1) is 21.2. The lowest BCUT2D eigenvalue weighted by molar-refractivity contribution is -0.461. The van der Waals surface area contributed by atoms with Gasteiger partial charge in [-0.1, -0.05) is 6.07 Å². The average molecular weight is 741 g/mol. The first-order valence-corrected chi connectivity index (χ1v) is 12.8. The van der Waals surface area contributed by atoms with E-state index in [1.165, 1.54) is 27.7 Å². The second-order valence-corrected chi connectivity index (χ2v) is 10.6. The molecule has 0 spiro atoms. The molecular formula is C25H24F17NO5. The van der Waals surface area contributed by atoms with Gasteiger partial charge in [0.05, 0.1) is 24.5 Å². The normalized spacial score (nSPS) is 14.5. The maximum absolute atomic E-state index is 14.2. The zero-order valence-electron chi connectivity index (χ0n) is 24.6. The first-order valence-electron chi connectivity index (χ1n) is 12.8. The molecule has 1 amide bonds. The van der Waals surface area contributed by atoms with Crippen molar-refractivity contribution < 1.29 is 98.5 Å². The number of nitrogens with zero attached hydrogens (tertiary/aromatic N) is 1. The quantitative estimate of drug-likeness (QED) is 0.0824. The maximum Gasteiger partial charge on any atom is 0.460 e. The number of rotatable bonds is 14. The Morgan fingerprint density at radius 1 is 0.688 bits per heavy atom. The second kappa shape index (κ2) is 13.6. The van der Waals surface area contributed by atoms with E-state index in [9.17, 15) is 84.2 Å². The van der Waals surface area contributed by atoms with Crippen LogP contribution >= 0.6 is 0 Å². The molecule has 6 nitrogen and oxygen atoms in total. The largest absolute Gasteiger partial charge is 0.462 e. The highest BCUT2D eigenvalue weighted by Crippen LogP contribution is 2.64. The molecule has 23 heteroatoms. The van der Waals surface area contributed by atoms with E-state index in [1.807, 2.05) is 0 Å². The number of carbonyl (C=O) groups is 2. The van der Waals surface area contributed by atoms with Gasteiger partial charge in [0, 0.05) is 6.42 Å². The van der Waals surface area contributed by atoms with Crippen molar-refractivity contribution >= 4 is 17.7 Å². The molecule has 278 valence electrons. The Balaban J connectivity index is 3.35. The maximum atomic E-state index is 14.2.